The highest BCUT2D eigenvalue weighted by atomic mass is 16.5. The number of ether oxygens (including phenoxy) is 3. The van der Waals surface area contributed by atoms with E-state index in [-0.39, 0.29) is 24.1 Å². The molecule has 1 fully saturated rings. The normalized spacial score (nSPS) is 19.7. The van der Waals surface area contributed by atoms with Gasteiger partial charge in [-0.25, -0.2) is 0 Å². The summed E-state index contributed by atoms with van der Waals surface area (Å²) in [6, 6.07) is 0.315. The summed E-state index contributed by atoms with van der Waals surface area (Å²) < 4.78 is 15.6. The zero-order valence-corrected chi connectivity index (χ0v) is 9.05. The van der Waals surface area contributed by atoms with E-state index in [1.807, 2.05) is 0 Å². The standard InChI is InChI=1S/C9H14N4O3/c1-14-8-11-7(10)12-9(13-8)16-5-6-3-2-4-15-6/h6H,2-5H2,1H3,(H2,10,11,12,13). The van der Waals surface area contributed by atoms with Gasteiger partial charge in [0.1, 0.15) is 6.61 Å². The van der Waals surface area contributed by atoms with Gasteiger partial charge in [-0.2, -0.15) is 9.97 Å². The first-order valence-corrected chi connectivity index (χ1v) is 5.08. The molecule has 2 N–H and O–H groups in total. The van der Waals surface area contributed by atoms with E-state index in [0.717, 1.165) is 19.4 Å². The van der Waals surface area contributed by atoms with Crippen LogP contribution >= 0.6 is 0 Å². The number of nitrogens with two attached hydrogens (primary N) is 1. The van der Waals surface area contributed by atoms with Crippen molar-refractivity contribution in [2.75, 3.05) is 26.1 Å². The van der Waals surface area contributed by atoms with Crippen molar-refractivity contribution < 1.29 is 14.2 Å². The average Bonchev–Trinajstić information content (AvgIpc) is 2.78. The van der Waals surface area contributed by atoms with Crippen LogP contribution < -0.4 is 15.2 Å². The third-order valence-corrected chi connectivity index (χ3v) is 2.22. The molecule has 1 aromatic rings. The highest BCUT2D eigenvalue weighted by molar-refractivity contribution is 5.20. The highest BCUT2D eigenvalue weighted by Crippen LogP contribution is 2.15. The SMILES string of the molecule is COc1nc(N)nc(OCC2CCCO2)n1. The largest absolute Gasteiger partial charge is 0.467 e. The summed E-state index contributed by atoms with van der Waals surface area (Å²) in [5.74, 6) is 0.0780. The fourth-order valence-electron chi connectivity index (χ4n) is 1.45. The Hall–Kier alpha value is -1.63. The van der Waals surface area contributed by atoms with E-state index in [2.05, 4.69) is 15.0 Å². The van der Waals surface area contributed by atoms with Gasteiger partial charge < -0.3 is 19.9 Å². The maximum Gasteiger partial charge on any atom is 0.324 e. The van der Waals surface area contributed by atoms with Crippen LogP contribution in [0, 0.1) is 0 Å². The summed E-state index contributed by atoms with van der Waals surface area (Å²) >= 11 is 0. The molecule has 1 aliphatic rings. The lowest BCUT2D eigenvalue weighted by Crippen LogP contribution is -2.17. The van der Waals surface area contributed by atoms with E-state index in [4.69, 9.17) is 19.9 Å². The van der Waals surface area contributed by atoms with Crippen molar-refractivity contribution in [1.82, 2.24) is 15.0 Å². The molecule has 0 bridgehead atoms. The first kappa shape index (κ1) is 10.9. The van der Waals surface area contributed by atoms with Crippen LogP contribution in [0.15, 0.2) is 0 Å². The van der Waals surface area contributed by atoms with E-state index >= 15 is 0 Å². The second kappa shape index (κ2) is 4.93. The molecule has 2 heterocycles. The number of rotatable bonds is 4. The van der Waals surface area contributed by atoms with Gasteiger partial charge in [0.2, 0.25) is 5.95 Å². The quantitative estimate of drug-likeness (QED) is 0.773. The molecule has 2 rings (SSSR count). The summed E-state index contributed by atoms with van der Waals surface area (Å²) in [6.07, 6.45) is 2.18. The molecule has 1 saturated heterocycles. The Morgan fingerprint density at radius 3 is 2.88 bits per heavy atom. The van der Waals surface area contributed by atoms with E-state index in [9.17, 15) is 0 Å². The van der Waals surface area contributed by atoms with Crippen LogP contribution in [0.5, 0.6) is 12.0 Å². The Morgan fingerprint density at radius 2 is 2.19 bits per heavy atom. The van der Waals surface area contributed by atoms with Gasteiger partial charge in [-0.15, -0.1) is 4.98 Å². The molecule has 0 radical (unpaired) electrons. The number of methoxy groups -OCH3 is 1. The Kier molecular flexibility index (Phi) is 3.35. The molecule has 0 spiro atoms. The van der Waals surface area contributed by atoms with Crippen molar-refractivity contribution in [2.45, 2.75) is 18.9 Å². The van der Waals surface area contributed by atoms with Gasteiger partial charge in [0.15, 0.2) is 0 Å². The number of hydrogen-bond donors (Lipinski definition) is 1. The van der Waals surface area contributed by atoms with E-state index in [1.54, 1.807) is 0 Å². The molecular weight excluding hydrogens is 212 g/mol. The van der Waals surface area contributed by atoms with Gasteiger partial charge in [-0.1, -0.05) is 0 Å². The van der Waals surface area contributed by atoms with Gasteiger partial charge in [-0.3, -0.25) is 0 Å². The minimum Gasteiger partial charge on any atom is -0.467 e. The molecule has 88 valence electrons. The van der Waals surface area contributed by atoms with Gasteiger partial charge >= 0.3 is 12.0 Å². The van der Waals surface area contributed by atoms with Crippen molar-refractivity contribution in [1.29, 1.82) is 0 Å². The van der Waals surface area contributed by atoms with E-state index in [0.29, 0.717) is 6.61 Å². The zero-order valence-electron chi connectivity index (χ0n) is 9.05. The molecule has 0 aromatic carbocycles. The van der Waals surface area contributed by atoms with Crippen molar-refractivity contribution >= 4 is 5.95 Å². The molecule has 7 heteroatoms. The van der Waals surface area contributed by atoms with Crippen molar-refractivity contribution in [3.05, 3.63) is 0 Å². The zero-order chi connectivity index (χ0) is 11.4. The van der Waals surface area contributed by atoms with Gasteiger partial charge in [0, 0.05) is 6.61 Å². The topological polar surface area (TPSA) is 92.4 Å². The third kappa shape index (κ3) is 2.69. The van der Waals surface area contributed by atoms with Crippen LogP contribution in [0.4, 0.5) is 5.95 Å². The van der Waals surface area contributed by atoms with Crippen LogP contribution in [-0.2, 0) is 4.74 Å². The first-order chi connectivity index (χ1) is 7.78. The smallest absolute Gasteiger partial charge is 0.324 e. The second-order valence-corrected chi connectivity index (χ2v) is 3.41. The summed E-state index contributed by atoms with van der Waals surface area (Å²) in [4.78, 5) is 11.5. The van der Waals surface area contributed by atoms with Gasteiger partial charge in [0.25, 0.3) is 0 Å². The van der Waals surface area contributed by atoms with Gasteiger partial charge in [0.05, 0.1) is 13.2 Å². The second-order valence-electron chi connectivity index (χ2n) is 3.41. The Balaban J connectivity index is 1.94. The summed E-state index contributed by atoms with van der Waals surface area (Å²) in [5, 5.41) is 0. The molecule has 0 saturated carbocycles. The molecule has 1 aromatic heterocycles. The fraction of sp³-hybridized carbons (Fsp3) is 0.667. The van der Waals surface area contributed by atoms with Crippen LogP contribution in [-0.4, -0.2) is 41.4 Å². The maximum absolute atomic E-state index is 5.47. The lowest BCUT2D eigenvalue weighted by Gasteiger charge is -2.10. The van der Waals surface area contributed by atoms with Crippen molar-refractivity contribution in [3.8, 4) is 12.0 Å². The molecule has 1 atom stereocenters. The predicted molar refractivity (Wildman–Crippen MR) is 55.3 cm³/mol. The van der Waals surface area contributed by atoms with Crippen LogP contribution in [0.1, 0.15) is 12.8 Å². The van der Waals surface area contributed by atoms with Crippen LogP contribution in [0.25, 0.3) is 0 Å². The molecule has 7 nitrogen and oxygen atoms in total. The summed E-state index contributed by atoms with van der Waals surface area (Å²) in [7, 11) is 1.46. The molecular formula is C9H14N4O3. The van der Waals surface area contributed by atoms with Crippen LogP contribution in [0.2, 0.25) is 0 Å². The number of hydrogen-bond acceptors (Lipinski definition) is 7. The number of nitrogens with zero attached hydrogens (tertiary/aromatic N) is 3. The monoisotopic (exact) mass is 226 g/mol. The molecule has 0 amide bonds. The number of anilines is 1. The third-order valence-electron chi connectivity index (χ3n) is 2.22. The van der Waals surface area contributed by atoms with E-state index < -0.39 is 0 Å². The molecule has 1 aliphatic heterocycles. The van der Waals surface area contributed by atoms with Gasteiger partial charge in [-0.05, 0) is 12.8 Å². The Morgan fingerprint density at radius 1 is 1.38 bits per heavy atom. The molecule has 0 aliphatic carbocycles. The lowest BCUT2D eigenvalue weighted by molar-refractivity contribution is 0.0642. The Bertz CT molecular complexity index is 355. The van der Waals surface area contributed by atoms with Crippen LogP contribution in [0.3, 0.4) is 0 Å². The molecule has 1 unspecified atom stereocenters. The average molecular weight is 226 g/mol. The molecule has 16 heavy (non-hydrogen) atoms. The number of nitrogen functional groups attached to an aromatic ring is 1. The lowest BCUT2D eigenvalue weighted by atomic mass is 10.2. The minimum absolute atomic E-state index is 0.0780. The predicted octanol–water partition coefficient (Wildman–Crippen LogP) is 0.0202. The first-order valence-electron chi connectivity index (χ1n) is 5.08. The van der Waals surface area contributed by atoms with Crippen molar-refractivity contribution in [3.63, 3.8) is 0 Å². The fourth-order valence-corrected chi connectivity index (χ4v) is 1.45. The maximum atomic E-state index is 5.47. The van der Waals surface area contributed by atoms with E-state index in [1.165, 1.54) is 7.11 Å². The summed E-state index contributed by atoms with van der Waals surface area (Å²) in [6.45, 7) is 1.21. The summed E-state index contributed by atoms with van der Waals surface area (Å²) in [5.41, 5.74) is 5.47. The highest BCUT2D eigenvalue weighted by Gasteiger charge is 2.17. The minimum atomic E-state index is 0.0780. The number of aromatic nitrogens is 3. The Labute approximate surface area is 93.0 Å². The van der Waals surface area contributed by atoms with Crippen molar-refractivity contribution in [2.24, 2.45) is 0 Å².